The molecule has 0 radical (unpaired) electrons. The summed E-state index contributed by atoms with van der Waals surface area (Å²) in [7, 11) is 3.93. The summed E-state index contributed by atoms with van der Waals surface area (Å²) in [6, 6.07) is 14.0. The number of anilines is 1. The van der Waals surface area contributed by atoms with E-state index in [2.05, 4.69) is 4.98 Å². The van der Waals surface area contributed by atoms with Crippen LogP contribution in [0.2, 0.25) is 0 Å². The number of pyridine rings is 1. The number of morpholine rings is 1. The fraction of sp³-hybridized carbons (Fsp3) is 0.273. The number of hydrogen-bond donors (Lipinski definition) is 0. The second kappa shape index (κ2) is 7.56. The van der Waals surface area contributed by atoms with Crippen LogP contribution in [0.25, 0.3) is 10.8 Å². The number of hydrogen-bond acceptors (Lipinski definition) is 4. The molecule has 0 spiro atoms. The Bertz CT molecular complexity index is 1000. The van der Waals surface area contributed by atoms with Crippen molar-refractivity contribution >= 4 is 22.4 Å². The number of carbonyl (C=O) groups excluding carboxylic acids is 1. The molecule has 144 valence electrons. The molecule has 1 amide bonds. The zero-order valence-corrected chi connectivity index (χ0v) is 15.9. The molecule has 0 saturated carbocycles. The van der Waals surface area contributed by atoms with Crippen LogP contribution in [0.15, 0.2) is 54.7 Å². The Morgan fingerprint density at radius 2 is 1.93 bits per heavy atom. The van der Waals surface area contributed by atoms with Gasteiger partial charge in [-0.1, -0.05) is 0 Å². The molecular weight excluding hydrogens is 357 g/mol. The second-order valence-electron chi connectivity index (χ2n) is 7.15. The van der Waals surface area contributed by atoms with Crippen LogP contribution in [0.3, 0.4) is 0 Å². The van der Waals surface area contributed by atoms with Gasteiger partial charge in [0.05, 0.1) is 18.8 Å². The molecule has 0 unspecified atom stereocenters. The summed E-state index contributed by atoms with van der Waals surface area (Å²) in [5, 5.41) is 1.64. The normalized spacial score (nSPS) is 17.0. The minimum Gasteiger partial charge on any atom is -0.378 e. The van der Waals surface area contributed by atoms with E-state index in [1.165, 1.54) is 12.1 Å². The summed E-state index contributed by atoms with van der Waals surface area (Å²) < 4.78 is 19.4. The van der Waals surface area contributed by atoms with Gasteiger partial charge in [0.15, 0.2) is 0 Å². The SMILES string of the molecule is CN(C)c1ccc(C(=O)N2CCO[C@@H](c3cc4cc(F)ccc4cn3)C2)cc1. The molecule has 28 heavy (non-hydrogen) atoms. The van der Waals surface area contributed by atoms with Gasteiger partial charge in [-0.2, -0.15) is 0 Å². The van der Waals surface area contributed by atoms with E-state index in [9.17, 15) is 9.18 Å². The van der Waals surface area contributed by atoms with Crippen molar-refractivity contribution in [3.8, 4) is 0 Å². The van der Waals surface area contributed by atoms with Gasteiger partial charge in [0.1, 0.15) is 11.9 Å². The van der Waals surface area contributed by atoms with Gasteiger partial charge < -0.3 is 14.5 Å². The number of carbonyl (C=O) groups is 1. The van der Waals surface area contributed by atoms with E-state index in [1.807, 2.05) is 49.3 Å². The third kappa shape index (κ3) is 3.68. The molecule has 1 atom stereocenters. The van der Waals surface area contributed by atoms with Crippen molar-refractivity contribution in [1.82, 2.24) is 9.88 Å². The Morgan fingerprint density at radius 3 is 2.68 bits per heavy atom. The first-order chi connectivity index (χ1) is 13.5. The third-order valence-electron chi connectivity index (χ3n) is 5.02. The van der Waals surface area contributed by atoms with Gasteiger partial charge in [-0.15, -0.1) is 0 Å². The first-order valence-electron chi connectivity index (χ1n) is 9.25. The monoisotopic (exact) mass is 379 g/mol. The molecule has 0 aliphatic carbocycles. The Kier molecular flexibility index (Phi) is 4.96. The van der Waals surface area contributed by atoms with Gasteiger partial charge in [-0.25, -0.2) is 4.39 Å². The Hall–Kier alpha value is -2.99. The smallest absolute Gasteiger partial charge is 0.254 e. The summed E-state index contributed by atoms with van der Waals surface area (Å²) in [6.07, 6.45) is 1.39. The fourth-order valence-electron chi connectivity index (χ4n) is 3.40. The van der Waals surface area contributed by atoms with Crippen LogP contribution in [-0.4, -0.2) is 49.6 Å². The van der Waals surface area contributed by atoms with Crippen molar-refractivity contribution in [3.63, 3.8) is 0 Å². The second-order valence-corrected chi connectivity index (χ2v) is 7.15. The van der Waals surface area contributed by atoms with Gasteiger partial charge in [-0.05, 0) is 53.9 Å². The molecule has 2 aromatic carbocycles. The van der Waals surface area contributed by atoms with E-state index in [-0.39, 0.29) is 17.8 Å². The number of rotatable bonds is 3. The predicted molar refractivity (Wildman–Crippen MR) is 107 cm³/mol. The number of benzene rings is 2. The van der Waals surface area contributed by atoms with Crippen molar-refractivity contribution in [1.29, 1.82) is 0 Å². The zero-order chi connectivity index (χ0) is 19.7. The highest BCUT2D eigenvalue weighted by Crippen LogP contribution is 2.25. The van der Waals surface area contributed by atoms with Crippen molar-refractivity contribution in [2.45, 2.75) is 6.10 Å². The molecule has 6 heteroatoms. The van der Waals surface area contributed by atoms with E-state index in [4.69, 9.17) is 4.74 Å². The molecule has 2 heterocycles. The molecular formula is C22H22FN3O2. The molecule has 1 fully saturated rings. The molecule has 1 aromatic heterocycles. The number of aromatic nitrogens is 1. The van der Waals surface area contributed by atoms with Crippen LogP contribution in [0.4, 0.5) is 10.1 Å². The van der Waals surface area contributed by atoms with Crippen LogP contribution in [0, 0.1) is 5.82 Å². The third-order valence-corrected chi connectivity index (χ3v) is 5.02. The van der Waals surface area contributed by atoms with Crippen LogP contribution in [0.5, 0.6) is 0 Å². The summed E-state index contributed by atoms with van der Waals surface area (Å²) in [5.41, 5.74) is 2.40. The van der Waals surface area contributed by atoms with Crippen LogP contribution < -0.4 is 4.90 Å². The Balaban J connectivity index is 1.53. The predicted octanol–water partition coefficient (Wildman–Crippen LogP) is 3.65. The topological polar surface area (TPSA) is 45.7 Å². The Labute approximate surface area is 163 Å². The molecule has 3 aromatic rings. The van der Waals surface area contributed by atoms with Gasteiger partial charge >= 0.3 is 0 Å². The molecule has 1 saturated heterocycles. The quantitative estimate of drug-likeness (QED) is 0.697. The van der Waals surface area contributed by atoms with E-state index in [0.29, 0.717) is 31.0 Å². The molecule has 0 bridgehead atoms. The first-order valence-corrected chi connectivity index (χ1v) is 9.25. The highest BCUT2D eigenvalue weighted by Gasteiger charge is 2.27. The van der Waals surface area contributed by atoms with Gasteiger partial charge in [0.2, 0.25) is 0 Å². The standard InChI is InChI=1S/C22H22FN3O2/c1-25(2)19-7-4-15(5-8-19)22(27)26-9-10-28-21(14-26)20-12-17-11-18(23)6-3-16(17)13-24-20/h3-8,11-13,21H,9-10,14H2,1-2H3/t21-/m1/s1. The van der Waals surface area contributed by atoms with Crippen molar-refractivity contribution < 1.29 is 13.9 Å². The minimum absolute atomic E-state index is 0.0227. The van der Waals surface area contributed by atoms with Crippen molar-refractivity contribution in [2.24, 2.45) is 0 Å². The van der Waals surface area contributed by atoms with Gasteiger partial charge in [0.25, 0.3) is 5.91 Å². The molecule has 5 nitrogen and oxygen atoms in total. The first kappa shape index (κ1) is 18.4. The number of fused-ring (bicyclic) bond motifs is 1. The van der Waals surface area contributed by atoms with Crippen molar-refractivity contribution in [3.05, 3.63) is 71.8 Å². The van der Waals surface area contributed by atoms with Gasteiger partial charge in [-0.3, -0.25) is 9.78 Å². The van der Waals surface area contributed by atoms with E-state index in [1.54, 1.807) is 17.2 Å². The van der Waals surface area contributed by atoms with Crippen LogP contribution in [0.1, 0.15) is 22.2 Å². The maximum Gasteiger partial charge on any atom is 0.254 e. The summed E-state index contributed by atoms with van der Waals surface area (Å²) in [6.45, 7) is 1.39. The lowest BCUT2D eigenvalue weighted by molar-refractivity contribution is -0.0246. The number of ether oxygens (including phenoxy) is 1. The van der Waals surface area contributed by atoms with Crippen LogP contribution in [-0.2, 0) is 4.74 Å². The Morgan fingerprint density at radius 1 is 1.14 bits per heavy atom. The maximum atomic E-state index is 13.5. The molecule has 4 rings (SSSR count). The average Bonchev–Trinajstić information content (AvgIpc) is 2.73. The summed E-state index contributed by atoms with van der Waals surface area (Å²) in [4.78, 5) is 21.1. The summed E-state index contributed by atoms with van der Waals surface area (Å²) in [5.74, 6) is -0.308. The van der Waals surface area contributed by atoms with Crippen molar-refractivity contribution in [2.75, 3.05) is 38.7 Å². The lowest BCUT2D eigenvalue weighted by Gasteiger charge is -2.33. The van der Waals surface area contributed by atoms with E-state index in [0.717, 1.165) is 16.5 Å². The molecule has 1 aliphatic heterocycles. The zero-order valence-electron chi connectivity index (χ0n) is 15.9. The summed E-state index contributed by atoms with van der Waals surface area (Å²) >= 11 is 0. The van der Waals surface area contributed by atoms with Gasteiger partial charge in [0, 0.05) is 43.5 Å². The minimum atomic E-state index is -0.327. The lowest BCUT2D eigenvalue weighted by Crippen LogP contribution is -2.42. The van der Waals surface area contributed by atoms with E-state index < -0.39 is 0 Å². The highest BCUT2D eigenvalue weighted by molar-refractivity contribution is 5.94. The van der Waals surface area contributed by atoms with Crippen LogP contribution >= 0.6 is 0 Å². The maximum absolute atomic E-state index is 13.5. The highest BCUT2D eigenvalue weighted by atomic mass is 19.1. The lowest BCUT2D eigenvalue weighted by atomic mass is 10.1. The average molecular weight is 379 g/mol. The largest absolute Gasteiger partial charge is 0.378 e. The van der Waals surface area contributed by atoms with E-state index >= 15 is 0 Å². The molecule has 0 N–H and O–H groups in total. The number of nitrogens with zero attached hydrogens (tertiary/aromatic N) is 3. The molecule has 1 aliphatic rings. The number of halogens is 1. The number of amides is 1. The fourth-order valence-corrected chi connectivity index (χ4v) is 3.40.